The minimum absolute atomic E-state index is 0.0183. The summed E-state index contributed by atoms with van der Waals surface area (Å²) in [4.78, 5) is 11.9. The largest absolute Gasteiger partial charge is 0.497 e. The Morgan fingerprint density at radius 3 is 2.65 bits per heavy atom. The van der Waals surface area contributed by atoms with Crippen molar-refractivity contribution in [3.8, 4) is 5.75 Å². The van der Waals surface area contributed by atoms with E-state index >= 15 is 0 Å². The molecule has 1 atom stereocenters. The Kier molecular flexibility index (Phi) is 4.82. The summed E-state index contributed by atoms with van der Waals surface area (Å²) in [6.07, 6.45) is 2.77. The molecular formula is C16H19NO3. The van der Waals surface area contributed by atoms with Crippen molar-refractivity contribution in [1.82, 2.24) is 5.32 Å². The second-order valence-electron chi connectivity index (χ2n) is 4.65. The average molecular weight is 273 g/mol. The van der Waals surface area contributed by atoms with Crippen molar-refractivity contribution in [2.75, 3.05) is 7.11 Å². The topological polar surface area (TPSA) is 51.5 Å². The van der Waals surface area contributed by atoms with E-state index in [0.717, 1.165) is 17.1 Å². The number of hydrogen-bond acceptors (Lipinski definition) is 3. The Balaban J connectivity index is 1.79. The van der Waals surface area contributed by atoms with Crippen molar-refractivity contribution >= 4 is 5.91 Å². The molecule has 0 aliphatic rings. The van der Waals surface area contributed by atoms with E-state index in [0.29, 0.717) is 12.8 Å². The van der Waals surface area contributed by atoms with Crippen LogP contribution < -0.4 is 10.1 Å². The Labute approximate surface area is 118 Å². The predicted octanol–water partition coefficient (Wildman–Crippen LogP) is 3.10. The molecule has 20 heavy (non-hydrogen) atoms. The number of carbonyl (C=O) groups is 1. The summed E-state index contributed by atoms with van der Waals surface area (Å²) in [6, 6.07) is 11.3. The number of benzene rings is 1. The smallest absolute Gasteiger partial charge is 0.220 e. The summed E-state index contributed by atoms with van der Waals surface area (Å²) in [6.45, 7) is 1.91. The number of carbonyl (C=O) groups excluding carboxylic acids is 1. The molecule has 0 aliphatic carbocycles. The molecule has 4 nitrogen and oxygen atoms in total. The lowest BCUT2D eigenvalue weighted by molar-refractivity contribution is -0.121. The molecule has 0 radical (unpaired) electrons. The van der Waals surface area contributed by atoms with Gasteiger partial charge in [0.2, 0.25) is 5.91 Å². The van der Waals surface area contributed by atoms with Crippen LogP contribution in [0.15, 0.2) is 47.1 Å². The van der Waals surface area contributed by atoms with Crippen molar-refractivity contribution in [3.63, 3.8) is 0 Å². The lowest BCUT2D eigenvalue weighted by Gasteiger charge is -2.11. The van der Waals surface area contributed by atoms with Gasteiger partial charge in [0.15, 0.2) is 0 Å². The first-order chi connectivity index (χ1) is 9.69. The number of nitrogens with one attached hydrogen (secondary N) is 1. The van der Waals surface area contributed by atoms with Crippen molar-refractivity contribution < 1.29 is 13.9 Å². The molecule has 0 spiro atoms. The van der Waals surface area contributed by atoms with Crippen molar-refractivity contribution in [2.45, 2.75) is 25.8 Å². The van der Waals surface area contributed by atoms with Crippen molar-refractivity contribution in [2.24, 2.45) is 0 Å². The molecule has 1 aromatic carbocycles. The van der Waals surface area contributed by atoms with Crippen LogP contribution in [0, 0.1) is 0 Å². The second-order valence-corrected chi connectivity index (χ2v) is 4.65. The maximum atomic E-state index is 11.9. The summed E-state index contributed by atoms with van der Waals surface area (Å²) < 4.78 is 10.4. The van der Waals surface area contributed by atoms with Crippen LogP contribution in [-0.4, -0.2) is 13.0 Å². The number of aryl methyl sites for hydroxylation is 1. The van der Waals surface area contributed by atoms with Crippen LogP contribution in [0.25, 0.3) is 0 Å². The first-order valence-electron chi connectivity index (χ1n) is 6.64. The van der Waals surface area contributed by atoms with Crippen LogP contribution in [0.1, 0.15) is 30.7 Å². The first kappa shape index (κ1) is 14.2. The van der Waals surface area contributed by atoms with E-state index < -0.39 is 0 Å². The van der Waals surface area contributed by atoms with Gasteiger partial charge in [-0.05, 0) is 43.2 Å². The average Bonchev–Trinajstić information content (AvgIpc) is 3.00. The van der Waals surface area contributed by atoms with Gasteiger partial charge in [-0.1, -0.05) is 12.1 Å². The molecule has 0 bridgehead atoms. The van der Waals surface area contributed by atoms with E-state index in [4.69, 9.17) is 9.15 Å². The maximum Gasteiger partial charge on any atom is 0.220 e. The fourth-order valence-corrected chi connectivity index (χ4v) is 1.97. The number of hydrogen-bond donors (Lipinski definition) is 1. The Hall–Kier alpha value is -2.23. The summed E-state index contributed by atoms with van der Waals surface area (Å²) in [5.41, 5.74) is 1.12. The SMILES string of the molecule is COc1ccc(CCC(=O)NC(C)c2ccco2)cc1. The van der Waals surface area contributed by atoms with Gasteiger partial charge in [-0.25, -0.2) is 0 Å². The number of ether oxygens (including phenoxy) is 1. The highest BCUT2D eigenvalue weighted by molar-refractivity contribution is 5.76. The molecule has 2 rings (SSSR count). The van der Waals surface area contributed by atoms with Gasteiger partial charge in [-0.15, -0.1) is 0 Å². The Bertz CT molecular complexity index is 531. The molecule has 1 unspecified atom stereocenters. The third-order valence-electron chi connectivity index (χ3n) is 3.15. The normalized spacial score (nSPS) is 11.9. The highest BCUT2D eigenvalue weighted by Crippen LogP contribution is 2.14. The van der Waals surface area contributed by atoms with E-state index in [1.54, 1.807) is 13.4 Å². The van der Waals surface area contributed by atoms with E-state index in [2.05, 4.69) is 5.32 Å². The highest BCUT2D eigenvalue weighted by Gasteiger charge is 2.11. The summed E-state index contributed by atoms with van der Waals surface area (Å²) in [7, 11) is 1.64. The van der Waals surface area contributed by atoms with E-state index in [-0.39, 0.29) is 11.9 Å². The maximum absolute atomic E-state index is 11.9. The minimum Gasteiger partial charge on any atom is -0.497 e. The quantitative estimate of drug-likeness (QED) is 0.880. The van der Waals surface area contributed by atoms with Crippen LogP contribution in [0.4, 0.5) is 0 Å². The van der Waals surface area contributed by atoms with E-state index in [1.165, 1.54) is 0 Å². The van der Waals surface area contributed by atoms with E-state index in [1.807, 2.05) is 43.3 Å². The molecule has 106 valence electrons. The third kappa shape index (κ3) is 3.88. The molecule has 2 aromatic rings. The monoisotopic (exact) mass is 273 g/mol. The highest BCUT2D eigenvalue weighted by atomic mass is 16.5. The van der Waals surface area contributed by atoms with Gasteiger partial charge in [0, 0.05) is 6.42 Å². The van der Waals surface area contributed by atoms with Crippen LogP contribution >= 0.6 is 0 Å². The molecule has 0 saturated carbocycles. The van der Waals surface area contributed by atoms with Gasteiger partial charge in [0.1, 0.15) is 11.5 Å². The Morgan fingerprint density at radius 1 is 1.30 bits per heavy atom. The molecule has 0 saturated heterocycles. The van der Waals surface area contributed by atoms with Gasteiger partial charge >= 0.3 is 0 Å². The molecule has 1 amide bonds. The standard InChI is InChI=1S/C16H19NO3/c1-12(15-4-3-11-20-15)17-16(18)10-7-13-5-8-14(19-2)9-6-13/h3-6,8-9,11-12H,7,10H2,1-2H3,(H,17,18). The van der Waals surface area contributed by atoms with Gasteiger partial charge in [0.05, 0.1) is 19.4 Å². The van der Waals surface area contributed by atoms with Crippen molar-refractivity contribution in [1.29, 1.82) is 0 Å². The zero-order valence-electron chi connectivity index (χ0n) is 11.8. The second kappa shape index (κ2) is 6.80. The lowest BCUT2D eigenvalue weighted by Crippen LogP contribution is -2.26. The summed E-state index contributed by atoms with van der Waals surface area (Å²) >= 11 is 0. The zero-order valence-corrected chi connectivity index (χ0v) is 11.8. The van der Waals surface area contributed by atoms with E-state index in [9.17, 15) is 4.79 Å². The predicted molar refractivity (Wildman–Crippen MR) is 76.6 cm³/mol. The fourth-order valence-electron chi connectivity index (χ4n) is 1.97. The zero-order chi connectivity index (χ0) is 14.4. The molecule has 1 heterocycles. The first-order valence-corrected chi connectivity index (χ1v) is 6.64. The molecule has 1 N–H and O–H groups in total. The van der Waals surface area contributed by atoms with Crippen LogP contribution in [0.2, 0.25) is 0 Å². The molecule has 0 fully saturated rings. The number of furan rings is 1. The van der Waals surface area contributed by atoms with Gasteiger partial charge < -0.3 is 14.5 Å². The number of amides is 1. The van der Waals surface area contributed by atoms with Gasteiger partial charge in [0.25, 0.3) is 0 Å². The fraction of sp³-hybridized carbons (Fsp3) is 0.312. The van der Waals surface area contributed by atoms with Crippen LogP contribution in [0.5, 0.6) is 5.75 Å². The van der Waals surface area contributed by atoms with Gasteiger partial charge in [-0.2, -0.15) is 0 Å². The Morgan fingerprint density at radius 2 is 2.05 bits per heavy atom. The van der Waals surface area contributed by atoms with Crippen molar-refractivity contribution in [3.05, 3.63) is 54.0 Å². The lowest BCUT2D eigenvalue weighted by atomic mass is 10.1. The van der Waals surface area contributed by atoms with Gasteiger partial charge in [-0.3, -0.25) is 4.79 Å². The molecule has 4 heteroatoms. The molecule has 0 aliphatic heterocycles. The third-order valence-corrected chi connectivity index (χ3v) is 3.15. The summed E-state index contributed by atoms with van der Waals surface area (Å²) in [5.74, 6) is 1.61. The minimum atomic E-state index is -0.103. The summed E-state index contributed by atoms with van der Waals surface area (Å²) in [5, 5.41) is 2.92. The number of methoxy groups -OCH3 is 1. The van der Waals surface area contributed by atoms with Crippen LogP contribution in [-0.2, 0) is 11.2 Å². The van der Waals surface area contributed by atoms with Crippen LogP contribution in [0.3, 0.4) is 0 Å². The molecular weight excluding hydrogens is 254 g/mol. The molecule has 1 aromatic heterocycles. The number of rotatable bonds is 6.